The van der Waals surface area contributed by atoms with Crippen LogP contribution in [-0.4, -0.2) is 33.4 Å². The maximum Gasteiger partial charge on any atom is 0.157 e. The SMILES string of the molecule is Cc1cc(NC2CCOC2C2CC2)n2ncnc2c1. The average Bonchev–Trinajstić information content (AvgIpc) is 2.94. The zero-order valence-corrected chi connectivity index (χ0v) is 11.0. The van der Waals surface area contributed by atoms with E-state index in [1.54, 1.807) is 6.33 Å². The first-order chi connectivity index (χ1) is 9.31. The lowest BCUT2D eigenvalue weighted by atomic mass is 10.1. The van der Waals surface area contributed by atoms with Crippen LogP contribution in [0.15, 0.2) is 18.5 Å². The van der Waals surface area contributed by atoms with Gasteiger partial charge in [0.25, 0.3) is 0 Å². The minimum Gasteiger partial charge on any atom is -0.376 e. The van der Waals surface area contributed by atoms with E-state index in [2.05, 4.69) is 28.4 Å². The van der Waals surface area contributed by atoms with Crippen molar-refractivity contribution >= 4 is 11.5 Å². The Morgan fingerprint density at radius 1 is 1.32 bits per heavy atom. The Labute approximate surface area is 112 Å². The highest BCUT2D eigenvalue weighted by Gasteiger charge is 2.40. The van der Waals surface area contributed by atoms with Gasteiger partial charge in [-0.05, 0) is 49.8 Å². The van der Waals surface area contributed by atoms with E-state index in [-0.39, 0.29) is 0 Å². The molecule has 4 rings (SSSR count). The Balaban J connectivity index is 1.65. The topological polar surface area (TPSA) is 51.5 Å². The standard InChI is InChI=1S/C14H18N4O/c1-9-6-12-15-8-16-18(12)13(7-9)17-11-4-5-19-14(11)10-2-3-10/h6-8,10-11,14,17H,2-5H2,1H3. The summed E-state index contributed by atoms with van der Waals surface area (Å²) >= 11 is 0. The summed E-state index contributed by atoms with van der Waals surface area (Å²) < 4.78 is 7.75. The van der Waals surface area contributed by atoms with Gasteiger partial charge in [0.1, 0.15) is 12.1 Å². The fourth-order valence-electron chi connectivity index (χ4n) is 3.00. The fourth-order valence-corrected chi connectivity index (χ4v) is 3.00. The Morgan fingerprint density at radius 2 is 2.21 bits per heavy atom. The molecule has 1 aliphatic heterocycles. The number of aryl methyl sites for hydroxylation is 1. The third-order valence-corrected chi connectivity index (χ3v) is 4.08. The number of pyridine rings is 1. The molecule has 1 saturated carbocycles. The second-order valence-corrected chi connectivity index (χ2v) is 5.66. The first-order valence-corrected chi connectivity index (χ1v) is 7.00. The number of anilines is 1. The normalized spacial score (nSPS) is 27.0. The summed E-state index contributed by atoms with van der Waals surface area (Å²) in [7, 11) is 0. The van der Waals surface area contributed by atoms with Crippen LogP contribution < -0.4 is 5.32 Å². The second-order valence-electron chi connectivity index (χ2n) is 5.66. The minimum atomic E-state index is 0.374. The Hall–Kier alpha value is -1.62. The van der Waals surface area contributed by atoms with Gasteiger partial charge in [-0.1, -0.05) is 0 Å². The molecule has 19 heavy (non-hydrogen) atoms. The van der Waals surface area contributed by atoms with Crippen LogP contribution in [0.25, 0.3) is 5.65 Å². The van der Waals surface area contributed by atoms with Gasteiger partial charge in [-0.15, -0.1) is 0 Å². The number of nitrogens with zero attached hydrogens (tertiary/aromatic N) is 3. The molecular weight excluding hydrogens is 240 g/mol. The van der Waals surface area contributed by atoms with Crippen molar-refractivity contribution < 1.29 is 4.74 Å². The van der Waals surface area contributed by atoms with Crippen LogP contribution in [0.3, 0.4) is 0 Å². The lowest BCUT2D eigenvalue weighted by Crippen LogP contribution is -2.31. The van der Waals surface area contributed by atoms with Gasteiger partial charge < -0.3 is 10.1 Å². The van der Waals surface area contributed by atoms with Gasteiger partial charge >= 0.3 is 0 Å². The first-order valence-electron chi connectivity index (χ1n) is 7.00. The molecule has 1 saturated heterocycles. The molecule has 1 aliphatic carbocycles. The van der Waals surface area contributed by atoms with E-state index in [1.165, 1.54) is 18.4 Å². The number of fused-ring (bicyclic) bond motifs is 1. The minimum absolute atomic E-state index is 0.374. The van der Waals surface area contributed by atoms with E-state index in [1.807, 2.05) is 10.6 Å². The highest BCUT2D eigenvalue weighted by molar-refractivity contribution is 5.52. The molecule has 5 nitrogen and oxygen atoms in total. The molecule has 0 radical (unpaired) electrons. The number of hydrogen-bond acceptors (Lipinski definition) is 4. The van der Waals surface area contributed by atoms with Gasteiger partial charge in [-0.3, -0.25) is 0 Å². The number of nitrogens with one attached hydrogen (secondary N) is 1. The zero-order valence-electron chi connectivity index (χ0n) is 11.0. The van der Waals surface area contributed by atoms with Crippen LogP contribution >= 0.6 is 0 Å². The van der Waals surface area contributed by atoms with Crippen LogP contribution in [0.1, 0.15) is 24.8 Å². The smallest absolute Gasteiger partial charge is 0.157 e. The van der Waals surface area contributed by atoms with Crippen LogP contribution in [0.2, 0.25) is 0 Å². The van der Waals surface area contributed by atoms with Crippen LogP contribution in [-0.2, 0) is 4.74 Å². The van der Waals surface area contributed by atoms with Crippen molar-refractivity contribution in [3.63, 3.8) is 0 Å². The van der Waals surface area contributed by atoms with E-state index < -0.39 is 0 Å². The highest BCUT2D eigenvalue weighted by atomic mass is 16.5. The molecule has 2 atom stereocenters. The Kier molecular flexibility index (Phi) is 2.48. The molecule has 2 aliphatic rings. The van der Waals surface area contributed by atoms with Crippen LogP contribution in [0.5, 0.6) is 0 Å². The van der Waals surface area contributed by atoms with E-state index in [4.69, 9.17) is 4.74 Å². The summed E-state index contributed by atoms with van der Waals surface area (Å²) in [6.07, 6.45) is 5.68. The molecule has 0 bridgehead atoms. The summed E-state index contributed by atoms with van der Waals surface area (Å²) in [6, 6.07) is 4.58. The number of hydrogen-bond donors (Lipinski definition) is 1. The van der Waals surface area contributed by atoms with Gasteiger partial charge in [0.15, 0.2) is 5.65 Å². The van der Waals surface area contributed by atoms with Crippen molar-refractivity contribution in [2.24, 2.45) is 5.92 Å². The van der Waals surface area contributed by atoms with Crippen LogP contribution in [0, 0.1) is 12.8 Å². The zero-order chi connectivity index (χ0) is 12.8. The van der Waals surface area contributed by atoms with Crippen molar-refractivity contribution in [3.8, 4) is 0 Å². The van der Waals surface area contributed by atoms with Gasteiger partial charge in [-0.2, -0.15) is 9.61 Å². The summed E-state index contributed by atoms with van der Waals surface area (Å²) in [5.74, 6) is 1.78. The third kappa shape index (κ3) is 1.98. The lowest BCUT2D eigenvalue weighted by molar-refractivity contribution is 0.0898. The summed E-state index contributed by atoms with van der Waals surface area (Å²) in [5, 5.41) is 7.91. The van der Waals surface area contributed by atoms with Crippen molar-refractivity contribution in [2.45, 2.75) is 38.3 Å². The molecule has 1 N–H and O–H groups in total. The molecule has 5 heteroatoms. The van der Waals surface area contributed by atoms with Gasteiger partial charge in [0, 0.05) is 6.61 Å². The Morgan fingerprint density at radius 3 is 3.05 bits per heavy atom. The summed E-state index contributed by atoms with van der Waals surface area (Å²) in [4.78, 5) is 4.26. The van der Waals surface area contributed by atoms with Crippen molar-refractivity contribution in [1.82, 2.24) is 14.6 Å². The van der Waals surface area contributed by atoms with E-state index in [0.717, 1.165) is 30.4 Å². The van der Waals surface area contributed by atoms with Crippen molar-refractivity contribution in [2.75, 3.05) is 11.9 Å². The number of rotatable bonds is 3. The molecule has 0 spiro atoms. The predicted octanol–water partition coefficient (Wildman–Crippen LogP) is 2.02. The highest BCUT2D eigenvalue weighted by Crippen LogP contribution is 2.39. The molecule has 2 unspecified atom stereocenters. The lowest BCUT2D eigenvalue weighted by Gasteiger charge is -2.21. The van der Waals surface area contributed by atoms with Crippen LogP contribution in [0.4, 0.5) is 5.82 Å². The summed E-state index contributed by atoms with van der Waals surface area (Å²) in [5.41, 5.74) is 2.09. The molecule has 2 aromatic heterocycles. The number of ether oxygens (including phenoxy) is 1. The summed E-state index contributed by atoms with van der Waals surface area (Å²) in [6.45, 7) is 2.95. The second kappa shape index (κ2) is 4.20. The monoisotopic (exact) mass is 258 g/mol. The largest absolute Gasteiger partial charge is 0.376 e. The quantitative estimate of drug-likeness (QED) is 0.915. The maximum absolute atomic E-state index is 5.88. The van der Waals surface area contributed by atoms with Gasteiger partial charge in [0.2, 0.25) is 0 Å². The molecule has 0 amide bonds. The van der Waals surface area contributed by atoms with Gasteiger partial charge in [-0.25, -0.2) is 4.98 Å². The molecule has 100 valence electrons. The fraction of sp³-hybridized carbons (Fsp3) is 0.571. The van der Waals surface area contributed by atoms with Gasteiger partial charge in [0.05, 0.1) is 12.1 Å². The maximum atomic E-state index is 5.88. The molecule has 2 fully saturated rings. The van der Waals surface area contributed by atoms with E-state index in [9.17, 15) is 0 Å². The molecule has 3 heterocycles. The predicted molar refractivity (Wildman–Crippen MR) is 72.2 cm³/mol. The molecule has 0 aromatic carbocycles. The van der Waals surface area contributed by atoms with Crippen molar-refractivity contribution in [1.29, 1.82) is 0 Å². The average molecular weight is 258 g/mol. The van der Waals surface area contributed by atoms with Crippen molar-refractivity contribution in [3.05, 3.63) is 24.0 Å². The molecule has 2 aromatic rings. The Bertz CT molecular complexity index is 605. The number of aromatic nitrogens is 3. The third-order valence-electron chi connectivity index (χ3n) is 4.08. The first kappa shape index (κ1) is 11.2. The van der Waals surface area contributed by atoms with E-state index >= 15 is 0 Å². The van der Waals surface area contributed by atoms with E-state index in [0.29, 0.717) is 12.1 Å². The molecular formula is C14H18N4O.